The van der Waals surface area contributed by atoms with Crippen molar-refractivity contribution in [2.24, 2.45) is 0 Å². The van der Waals surface area contributed by atoms with Crippen molar-refractivity contribution in [1.82, 2.24) is 9.38 Å². The maximum absolute atomic E-state index is 4.33. The molecular weight excluding hydrogens is 232 g/mol. The molecule has 0 N–H and O–H groups in total. The number of hydrogen-bond acceptors (Lipinski definition) is 1. The fourth-order valence-electron chi connectivity index (χ4n) is 2.03. The van der Waals surface area contributed by atoms with Gasteiger partial charge < -0.3 is 0 Å². The van der Waals surface area contributed by atoms with Gasteiger partial charge in [-0.1, -0.05) is 31.0 Å². The lowest BCUT2D eigenvalue weighted by Crippen LogP contribution is -1.86. The van der Waals surface area contributed by atoms with Crippen LogP contribution in [0.15, 0.2) is 54.9 Å². The lowest BCUT2D eigenvalue weighted by Gasteiger charge is -1.96. The van der Waals surface area contributed by atoms with Gasteiger partial charge in [0.2, 0.25) is 0 Å². The molecule has 0 aliphatic carbocycles. The molecule has 3 rings (SSSR count). The molecule has 0 amide bonds. The number of aryl methyl sites for hydroxylation is 1. The summed E-state index contributed by atoms with van der Waals surface area (Å²) < 4.78 is 2.00. The van der Waals surface area contributed by atoms with Gasteiger partial charge in [0.05, 0.1) is 6.20 Å². The summed E-state index contributed by atoms with van der Waals surface area (Å²) in [7, 11) is 0. The van der Waals surface area contributed by atoms with E-state index in [1.54, 1.807) is 0 Å². The monoisotopic (exact) mass is 246 g/mol. The standard InChI is InChI=1S/C17H14N2/c1-2-14-6-5-7-15(12-14)9-10-16-13-18-17-8-3-4-11-19(16)17/h3-8,11-13H,2H2,1H3. The Labute approximate surface area is 112 Å². The van der Waals surface area contributed by atoms with Crippen molar-refractivity contribution in [2.45, 2.75) is 13.3 Å². The molecule has 2 aromatic heterocycles. The first-order valence-electron chi connectivity index (χ1n) is 6.40. The molecule has 2 heterocycles. The molecule has 19 heavy (non-hydrogen) atoms. The number of benzene rings is 1. The van der Waals surface area contributed by atoms with Crippen molar-refractivity contribution in [1.29, 1.82) is 0 Å². The quantitative estimate of drug-likeness (QED) is 0.602. The SMILES string of the molecule is CCc1cccc(C#Cc2cnc3ccccn23)c1. The minimum atomic E-state index is 0.914. The fourth-order valence-corrected chi connectivity index (χ4v) is 2.03. The van der Waals surface area contributed by atoms with Gasteiger partial charge in [-0.2, -0.15) is 0 Å². The average Bonchev–Trinajstić information content (AvgIpc) is 2.89. The number of nitrogens with zero attached hydrogens (tertiary/aromatic N) is 2. The first kappa shape index (κ1) is 11.6. The minimum Gasteiger partial charge on any atom is -0.293 e. The third-order valence-electron chi connectivity index (χ3n) is 3.09. The van der Waals surface area contributed by atoms with Gasteiger partial charge >= 0.3 is 0 Å². The Morgan fingerprint density at radius 1 is 1.11 bits per heavy atom. The van der Waals surface area contributed by atoms with Gasteiger partial charge in [-0.25, -0.2) is 4.98 Å². The number of rotatable bonds is 1. The summed E-state index contributed by atoms with van der Waals surface area (Å²) in [5.74, 6) is 6.39. The van der Waals surface area contributed by atoms with E-state index in [1.807, 2.05) is 41.1 Å². The Kier molecular flexibility index (Phi) is 3.04. The highest BCUT2D eigenvalue weighted by atomic mass is 15.0. The molecule has 0 saturated carbocycles. The van der Waals surface area contributed by atoms with Gasteiger partial charge in [0.15, 0.2) is 0 Å². The highest BCUT2D eigenvalue weighted by Crippen LogP contribution is 2.07. The van der Waals surface area contributed by atoms with Gasteiger partial charge in [0.1, 0.15) is 11.3 Å². The molecule has 0 aliphatic heterocycles. The molecule has 0 unspecified atom stereocenters. The van der Waals surface area contributed by atoms with Crippen molar-refractivity contribution >= 4 is 5.65 Å². The molecule has 92 valence electrons. The number of fused-ring (bicyclic) bond motifs is 1. The van der Waals surface area contributed by atoms with Crippen LogP contribution in [0.1, 0.15) is 23.7 Å². The Balaban J connectivity index is 1.99. The summed E-state index contributed by atoms with van der Waals surface area (Å²) >= 11 is 0. The van der Waals surface area contributed by atoms with Crippen molar-refractivity contribution in [3.05, 3.63) is 71.7 Å². The van der Waals surface area contributed by atoms with E-state index in [1.165, 1.54) is 5.56 Å². The van der Waals surface area contributed by atoms with Gasteiger partial charge in [-0.3, -0.25) is 4.40 Å². The number of hydrogen-bond donors (Lipinski definition) is 0. The molecule has 0 saturated heterocycles. The maximum atomic E-state index is 4.33. The molecule has 0 bridgehead atoms. The van der Waals surface area contributed by atoms with Crippen molar-refractivity contribution in [3.63, 3.8) is 0 Å². The van der Waals surface area contributed by atoms with Crippen LogP contribution in [0, 0.1) is 11.8 Å². The van der Waals surface area contributed by atoms with Gasteiger partial charge in [0.25, 0.3) is 0 Å². The molecule has 0 fully saturated rings. The summed E-state index contributed by atoms with van der Waals surface area (Å²) in [4.78, 5) is 4.33. The Bertz CT molecular complexity index is 772. The zero-order valence-electron chi connectivity index (χ0n) is 10.8. The van der Waals surface area contributed by atoms with Crippen LogP contribution < -0.4 is 0 Å². The van der Waals surface area contributed by atoms with E-state index in [4.69, 9.17) is 0 Å². The zero-order valence-corrected chi connectivity index (χ0v) is 10.8. The highest BCUT2D eigenvalue weighted by Gasteiger charge is 1.98. The topological polar surface area (TPSA) is 17.3 Å². The third kappa shape index (κ3) is 2.36. The highest BCUT2D eigenvalue weighted by molar-refractivity contribution is 5.47. The summed E-state index contributed by atoms with van der Waals surface area (Å²) in [5.41, 5.74) is 4.20. The molecule has 3 aromatic rings. The molecule has 1 aromatic carbocycles. The second-order valence-electron chi connectivity index (χ2n) is 4.38. The summed E-state index contributed by atoms with van der Waals surface area (Å²) in [6.45, 7) is 2.15. The summed E-state index contributed by atoms with van der Waals surface area (Å²) in [6, 6.07) is 14.3. The molecule has 2 heteroatoms. The molecular formula is C17H14N2. The smallest absolute Gasteiger partial charge is 0.137 e. The van der Waals surface area contributed by atoms with E-state index in [2.05, 4.69) is 41.9 Å². The molecule has 0 aliphatic rings. The molecule has 0 spiro atoms. The van der Waals surface area contributed by atoms with Crippen LogP contribution in [-0.2, 0) is 6.42 Å². The summed E-state index contributed by atoms with van der Waals surface area (Å²) in [6.07, 6.45) is 4.83. The second kappa shape index (κ2) is 4.99. The van der Waals surface area contributed by atoms with Crippen molar-refractivity contribution < 1.29 is 0 Å². The van der Waals surface area contributed by atoms with Crippen molar-refractivity contribution in [2.75, 3.05) is 0 Å². The second-order valence-corrected chi connectivity index (χ2v) is 4.38. The first-order chi connectivity index (χ1) is 9.36. The van der Waals surface area contributed by atoms with E-state index in [0.717, 1.165) is 23.3 Å². The molecule has 0 atom stereocenters. The number of aromatic nitrogens is 2. The predicted molar refractivity (Wildman–Crippen MR) is 77.0 cm³/mol. The van der Waals surface area contributed by atoms with E-state index < -0.39 is 0 Å². The average molecular weight is 246 g/mol. The van der Waals surface area contributed by atoms with Crippen molar-refractivity contribution in [3.8, 4) is 11.8 Å². The van der Waals surface area contributed by atoms with Crippen LogP contribution in [0.2, 0.25) is 0 Å². The normalized spacial score (nSPS) is 10.2. The van der Waals surface area contributed by atoms with Crippen LogP contribution in [-0.4, -0.2) is 9.38 Å². The molecule has 0 radical (unpaired) electrons. The largest absolute Gasteiger partial charge is 0.293 e. The van der Waals surface area contributed by atoms with Crippen LogP contribution in [0.25, 0.3) is 5.65 Å². The maximum Gasteiger partial charge on any atom is 0.137 e. The van der Waals surface area contributed by atoms with Gasteiger partial charge in [0, 0.05) is 11.8 Å². The van der Waals surface area contributed by atoms with E-state index >= 15 is 0 Å². The van der Waals surface area contributed by atoms with Gasteiger partial charge in [-0.05, 0) is 42.2 Å². The van der Waals surface area contributed by atoms with Crippen LogP contribution in [0.3, 0.4) is 0 Å². The minimum absolute atomic E-state index is 0.914. The van der Waals surface area contributed by atoms with Crippen LogP contribution in [0.4, 0.5) is 0 Å². The number of pyridine rings is 1. The zero-order chi connectivity index (χ0) is 13.1. The fraction of sp³-hybridized carbons (Fsp3) is 0.118. The molecule has 2 nitrogen and oxygen atoms in total. The first-order valence-corrected chi connectivity index (χ1v) is 6.40. The Hall–Kier alpha value is -2.53. The van der Waals surface area contributed by atoms with Gasteiger partial charge in [-0.15, -0.1) is 0 Å². The lowest BCUT2D eigenvalue weighted by molar-refractivity contribution is 1.14. The number of imidazole rings is 1. The van der Waals surface area contributed by atoms with E-state index in [9.17, 15) is 0 Å². The van der Waals surface area contributed by atoms with Crippen LogP contribution in [0.5, 0.6) is 0 Å². The Morgan fingerprint density at radius 3 is 2.95 bits per heavy atom. The van der Waals surface area contributed by atoms with Crippen LogP contribution >= 0.6 is 0 Å². The Morgan fingerprint density at radius 2 is 2.05 bits per heavy atom. The van der Waals surface area contributed by atoms with E-state index in [0.29, 0.717) is 0 Å². The third-order valence-corrected chi connectivity index (χ3v) is 3.09. The summed E-state index contributed by atoms with van der Waals surface area (Å²) in [5, 5.41) is 0. The van der Waals surface area contributed by atoms with E-state index in [-0.39, 0.29) is 0 Å². The predicted octanol–water partition coefficient (Wildman–Crippen LogP) is 3.30. The lowest BCUT2D eigenvalue weighted by atomic mass is 10.1.